The number of aromatic nitrogens is 1. The summed E-state index contributed by atoms with van der Waals surface area (Å²) in [5, 5.41) is 0.389. The molecule has 0 saturated heterocycles. The van der Waals surface area contributed by atoms with Crippen LogP contribution in [0.2, 0.25) is 5.02 Å². The summed E-state index contributed by atoms with van der Waals surface area (Å²) in [6, 6.07) is 9.12. The number of carbonyl (C=O) groups is 1. The van der Waals surface area contributed by atoms with Crippen LogP contribution in [0.1, 0.15) is 22.0 Å². The minimum Gasteiger partial charge on any atom is -0.491 e. The Labute approximate surface area is 133 Å². The molecule has 22 heavy (non-hydrogen) atoms. The Morgan fingerprint density at radius 1 is 1.45 bits per heavy atom. The Balaban J connectivity index is 1.92. The van der Waals surface area contributed by atoms with Gasteiger partial charge in [0.15, 0.2) is 0 Å². The Morgan fingerprint density at radius 3 is 3.00 bits per heavy atom. The van der Waals surface area contributed by atoms with Crippen molar-refractivity contribution in [2.45, 2.75) is 6.04 Å². The zero-order valence-corrected chi connectivity index (χ0v) is 13.0. The molecular formula is C16H15ClN2O3. The van der Waals surface area contributed by atoms with Gasteiger partial charge < -0.3 is 14.4 Å². The second-order valence-electron chi connectivity index (χ2n) is 4.99. The Kier molecular flexibility index (Phi) is 3.90. The lowest BCUT2D eigenvalue weighted by molar-refractivity contribution is 0.0704. The van der Waals surface area contributed by atoms with Gasteiger partial charge in [0.1, 0.15) is 17.9 Å². The van der Waals surface area contributed by atoms with E-state index in [1.54, 1.807) is 18.0 Å². The third-order valence-electron chi connectivity index (χ3n) is 3.70. The van der Waals surface area contributed by atoms with E-state index in [0.717, 1.165) is 11.3 Å². The first-order valence-corrected chi connectivity index (χ1v) is 7.18. The third kappa shape index (κ3) is 2.48. The fraction of sp³-hybridized carbons (Fsp3) is 0.250. The van der Waals surface area contributed by atoms with E-state index in [0.29, 0.717) is 17.2 Å². The minimum absolute atomic E-state index is 0.146. The van der Waals surface area contributed by atoms with Crippen molar-refractivity contribution < 1.29 is 14.3 Å². The molecule has 1 atom stereocenters. The van der Waals surface area contributed by atoms with E-state index < -0.39 is 0 Å². The summed E-state index contributed by atoms with van der Waals surface area (Å²) in [7, 11) is 3.21. The van der Waals surface area contributed by atoms with Crippen molar-refractivity contribution in [1.82, 2.24) is 9.88 Å². The summed E-state index contributed by atoms with van der Waals surface area (Å²) < 4.78 is 10.8. The number of hydrogen-bond acceptors (Lipinski definition) is 4. The zero-order valence-electron chi connectivity index (χ0n) is 12.2. The predicted octanol–water partition coefficient (Wildman–Crippen LogP) is 2.95. The summed E-state index contributed by atoms with van der Waals surface area (Å²) >= 11 is 5.95. The highest BCUT2D eigenvalue weighted by atomic mass is 35.5. The van der Waals surface area contributed by atoms with Crippen LogP contribution in [0.15, 0.2) is 36.5 Å². The molecule has 1 aliphatic heterocycles. The number of likely N-dealkylation sites (N-methyl/N-ethyl adjacent to an activating group) is 1. The molecule has 114 valence electrons. The van der Waals surface area contributed by atoms with Crippen LogP contribution in [-0.4, -0.2) is 36.6 Å². The van der Waals surface area contributed by atoms with Gasteiger partial charge in [-0.25, -0.2) is 4.98 Å². The number of para-hydroxylation sites is 1. The number of methoxy groups -OCH3 is 1. The molecule has 3 rings (SSSR count). The number of pyridine rings is 1. The van der Waals surface area contributed by atoms with E-state index in [-0.39, 0.29) is 17.8 Å². The SMILES string of the molecule is COc1ncc(Cl)cc1C(=O)N(C)C1COc2ccccc21. The molecule has 2 aromatic rings. The van der Waals surface area contributed by atoms with Gasteiger partial charge in [-0.3, -0.25) is 4.79 Å². The van der Waals surface area contributed by atoms with Crippen molar-refractivity contribution in [3.63, 3.8) is 0 Å². The van der Waals surface area contributed by atoms with Gasteiger partial charge in [-0.05, 0) is 12.1 Å². The molecule has 0 aliphatic carbocycles. The maximum absolute atomic E-state index is 12.8. The molecule has 1 aromatic carbocycles. The number of fused-ring (bicyclic) bond motifs is 1. The van der Waals surface area contributed by atoms with Crippen molar-refractivity contribution in [1.29, 1.82) is 0 Å². The molecule has 1 amide bonds. The van der Waals surface area contributed by atoms with Crippen molar-refractivity contribution in [2.24, 2.45) is 0 Å². The van der Waals surface area contributed by atoms with Gasteiger partial charge in [0.05, 0.1) is 18.2 Å². The molecule has 1 aliphatic rings. The van der Waals surface area contributed by atoms with Crippen LogP contribution in [0.5, 0.6) is 11.6 Å². The average molecular weight is 319 g/mol. The number of nitrogens with zero attached hydrogens (tertiary/aromatic N) is 2. The third-order valence-corrected chi connectivity index (χ3v) is 3.91. The molecule has 0 fully saturated rings. The second-order valence-corrected chi connectivity index (χ2v) is 5.43. The van der Waals surface area contributed by atoms with Gasteiger partial charge in [0.2, 0.25) is 5.88 Å². The summed E-state index contributed by atoms with van der Waals surface area (Å²) in [6.45, 7) is 0.428. The maximum atomic E-state index is 12.8. The first-order valence-electron chi connectivity index (χ1n) is 6.80. The largest absolute Gasteiger partial charge is 0.491 e. The average Bonchev–Trinajstić information content (AvgIpc) is 2.97. The number of carbonyl (C=O) groups excluding carboxylic acids is 1. The van der Waals surface area contributed by atoms with E-state index in [1.165, 1.54) is 13.3 Å². The zero-order chi connectivity index (χ0) is 15.7. The molecule has 0 saturated carbocycles. The number of hydrogen-bond donors (Lipinski definition) is 0. The van der Waals surface area contributed by atoms with Crippen LogP contribution in [-0.2, 0) is 0 Å². The Morgan fingerprint density at radius 2 is 2.23 bits per heavy atom. The van der Waals surface area contributed by atoms with E-state index in [1.807, 2.05) is 24.3 Å². The predicted molar refractivity (Wildman–Crippen MR) is 82.6 cm³/mol. The summed E-state index contributed by atoms with van der Waals surface area (Å²) in [5.41, 5.74) is 1.33. The Hall–Kier alpha value is -2.27. The number of benzene rings is 1. The van der Waals surface area contributed by atoms with Gasteiger partial charge in [-0.2, -0.15) is 0 Å². The highest BCUT2D eigenvalue weighted by Crippen LogP contribution is 2.36. The quantitative estimate of drug-likeness (QED) is 0.873. The normalized spacial score (nSPS) is 15.9. The van der Waals surface area contributed by atoms with E-state index in [2.05, 4.69) is 4.98 Å². The smallest absolute Gasteiger partial charge is 0.259 e. The van der Waals surface area contributed by atoms with Crippen LogP contribution in [0.3, 0.4) is 0 Å². The van der Waals surface area contributed by atoms with Crippen molar-refractivity contribution in [2.75, 3.05) is 20.8 Å². The van der Waals surface area contributed by atoms with Gasteiger partial charge in [-0.15, -0.1) is 0 Å². The molecule has 5 nitrogen and oxygen atoms in total. The van der Waals surface area contributed by atoms with E-state index in [4.69, 9.17) is 21.1 Å². The lowest BCUT2D eigenvalue weighted by Gasteiger charge is -2.24. The lowest BCUT2D eigenvalue weighted by Crippen LogP contribution is -2.32. The van der Waals surface area contributed by atoms with Crippen LogP contribution in [0, 0.1) is 0 Å². The maximum Gasteiger partial charge on any atom is 0.259 e. The van der Waals surface area contributed by atoms with E-state index >= 15 is 0 Å². The molecule has 0 spiro atoms. The van der Waals surface area contributed by atoms with Gasteiger partial charge >= 0.3 is 0 Å². The van der Waals surface area contributed by atoms with Crippen molar-refractivity contribution in [3.8, 4) is 11.6 Å². The highest BCUT2D eigenvalue weighted by Gasteiger charge is 2.31. The van der Waals surface area contributed by atoms with Gasteiger partial charge in [0.25, 0.3) is 5.91 Å². The topological polar surface area (TPSA) is 51.7 Å². The number of ether oxygens (including phenoxy) is 2. The standard InChI is InChI=1S/C16H15ClN2O3/c1-19(13-9-22-14-6-4-3-5-11(13)14)16(20)12-7-10(17)8-18-15(12)21-2/h3-8,13H,9H2,1-2H3. The van der Waals surface area contributed by atoms with Crippen LogP contribution < -0.4 is 9.47 Å². The number of amides is 1. The fourth-order valence-corrected chi connectivity index (χ4v) is 2.70. The van der Waals surface area contributed by atoms with Gasteiger partial charge in [-0.1, -0.05) is 29.8 Å². The fourth-order valence-electron chi connectivity index (χ4n) is 2.54. The number of rotatable bonds is 3. The van der Waals surface area contributed by atoms with Crippen LogP contribution in [0.4, 0.5) is 0 Å². The molecule has 2 heterocycles. The molecular weight excluding hydrogens is 304 g/mol. The van der Waals surface area contributed by atoms with Gasteiger partial charge in [0, 0.05) is 18.8 Å². The van der Waals surface area contributed by atoms with Crippen molar-refractivity contribution >= 4 is 17.5 Å². The first kappa shape index (κ1) is 14.7. The Bertz CT molecular complexity index is 720. The molecule has 0 bridgehead atoms. The van der Waals surface area contributed by atoms with E-state index in [9.17, 15) is 4.79 Å². The van der Waals surface area contributed by atoms with Crippen LogP contribution >= 0.6 is 11.6 Å². The first-order chi connectivity index (χ1) is 10.6. The highest BCUT2D eigenvalue weighted by molar-refractivity contribution is 6.30. The van der Waals surface area contributed by atoms with Crippen LogP contribution in [0.25, 0.3) is 0 Å². The molecule has 1 unspecified atom stereocenters. The monoisotopic (exact) mass is 318 g/mol. The summed E-state index contributed by atoms with van der Waals surface area (Å²) in [5.74, 6) is 0.855. The number of halogens is 1. The second kappa shape index (κ2) is 5.85. The molecule has 1 aromatic heterocycles. The molecule has 0 N–H and O–H groups in total. The molecule has 0 radical (unpaired) electrons. The molecule has 6 heteroatoms. The summed E-state index contributed by atoms with van der Waals surface area (Å²) in [6.07, 6.45) is 1.45. The summed E-state index contributed by atoms with van der Waals surface area (Å²) in [4.78, 5) is 18.4. The van der Waals surface area contributed by atoms with Crippen molar-refractivity contribution in [3.05, 3.63) is 52.7 Å². The minimum atomic E-state index is -0.211. The lowest BCUT2D eigenvalue weighted by atomic mass is 10.1.